The molecule has 2 amide bonds. The summed E-state index contributed by atoms with van der Waals surface area (Å²) in [6.07, 6.45) is -4.98. The number of benzene rings is 1. The monoisotopic (exact) mass is 341 g/mol. The lowest BCUT2D eigenvalue weighted by atomic mass is 10.2. The van der Waals surface area contributed by atoms with Crippen molar-refractivity contribution in [3.63, 3.8) is 0 Å². The number of carbonyl (C=O) groups is 2. The van der Waals surface area contributed by atoms with Crippen LogP contribution in [0.1, 0.15) is 18.4 Å². The lowest BCUT2D eigenvalue weighted by Gasteiger charge is -2.23. The van der Waals surface area contributed by atoms with Crippen LogP contribution in [0.2, 0.25) is 0 Å². The van der Waals surface area contributed by atoms with Crippen LogP contribution in [0.3, 0.4) is 0 Å². The number of alkyl halides is 3. The Bertz CT molecular complexity index is 670. The fraction of sp³-hybridized carbons (Fsp3) is 0.400. The van der Waals surface area contributed by atoms with Crippen molar-refractivity contribution in [3.05, 3.63) is 29.8 Å². The molecule has 1 saturated heterocycles. The van der Waals surface area contributed by atoms with Crippen molar-refractivity contribution in [3.8, 4) is 6.07 Å². The van der Waals surface area contributed by atoms with Gasteiger partial charge in [0, 0.05) is 12.2 Å². The van der Waals surface area contributed by atoms with Gasteiger partial charge in [0.05, 0.1) is 11.6 Å². The van der Waals surface area contributed by atoms with Gasteiger partial charge in [-0.15, -0.1) is 0 Å². The number of hydrogen-bond acceptors (Lipinski definition) is 4. The van der Waals surface area contributed by atoms with E-state index in [-0.39, 0.29) is 6.54 Å². The highest BCUT2D eigenvalue weighted by atomic mass is 19.4. The number of hydrogen-bond donors (Lipinski definition) is 1. The minimum atomic E-state index is -4.62. The van der Waals surface area contributed by atoms with E-state index < -0.39 is 30.8 Å². The molecule has 9 heteroatoms. The Morgan fingerprint density at radius 2 is 2.17 bits per heavy atom. The van der Waals surface area contributed by atoms with Gasteiger partial charge in [0.2, 0.25) is 5.91 Å². The molecule has 0 aliphatic carbocycles. The quantitative estimate of drug-likeness (QED) is 0.916. The normalized spacial score (nSPS) is 17.2. The van der Waals surface area contributed by atoms with E-state index in [4.69, 9.17) is 5.26 Å². The van der Waals surface area contributed by atoms with Crippen molar-refractivity contribution in [1.29, 1.82) is 5.26 Å². The molecule has 1 aliphatic heterocycles. The number of ether oxygens (including phenoxy) is 1. The van der Waals surface area contributed by atoms with Gasteiger partial charge >= 0.3 is 12.3 Å². The third-order valence-electron chi connectivity index (χ3n) is 3.41. The average molecular weight is 341 g/mol. The largest absolute Gasteiger partial charge is 0.440 e. The van der Waals surface area contributed by atoms with E-state index >= 15 is 0 Å². The van der Waals surface area contributed by atoms with Crippen LogP contribution in [0.5, 0.6) is 0 Å². The zero-order valence-corrected chi connectivity index (χ0v) is 12.5. The van der Waals surface area contributed by atoms with Crippen LogP contribution in [0.4, 0.5) is 23.7 Å². The lowest BCUT2D eigenvalue weighted by Crippen LogP contribution is -2.44. The summed E-state index contributed by atoms with van der Waals surface area (Å²) in [5, 5.41) is 11.4. The molecule has 0 unspecified atom stereocenters. The fourth-order valence-electron chi connectivity index (χ4n) is 2.38. The maximum Gasteiger partial charge on any atom is 0.422 e. The van der Waals surface area contributed by atoms with E-state index in [9.17, 15) is 22.8 Å². The van der Waals surface area contributed by atoms with Crippen molar-refractivity contribution >= 4 is 17.7 Å². The number of rotatable bonds is 3. The predicted molar refractivity (Wildman–Crippen MR) is 76.9 cm³/mol. The first kappa shape index (κ1) is 17.6. The van der Waals surface area contributed by atoms with E-state index in [1.54, 1.807) is 18.2 Å². The molecule has 128 valence electrons. The molecule has 0 radical (unpaired) electrons. The summed E-state index contributed by atoms with van der Waals surface area (Å²) in [6, 6.07) is 7.19. The smallest absolute Gasteiger partial charge is 0.422 e. The lowest BCUT2D eigenvalue weighted by molar-refractivity contribution is -0.162. The Labute approximate surface area is 135 Å². The second kappa shape index (κ2) is 7.21. The van der Waals surface area contributed by atoms with Crippen LogP contribution in [0.25, 0.3) is 0 Å². The highest BCUT2D eigenvalue weighted by molar-refractivity contribution is 5.97. The number of likely N-dealkylation sites (tertiary alicyclic amines) is 1. The predicted octanol–water partition coefficient (Wildman–Crippen LogP) is 2.66. The maximum atomic E-state index is 12.3. The van der Waals surface area contributed by atoms with Gasteiger partial charge in [-0.25, -0.2) is 4.79 Å². The summed E-state index contributed by atoms with van der Waals surface area (Å²) in [5.74, 6) is -0.536. The molecule has 0 aromatic heterocycles. The molecule has 1 N–H and O–H groups in total. The Kier molecular flexibility index (Phi) is 5.28. The van der Waals surface area contributed by atoms with Crippen LogP contribution in [0.15, 0.2) is 24.3 Å². The summed E-state index contributed by atoms with van der Waals surface area (Å²) in [7, 11) is 0. The second-order valence-electron chi connectivity index (χ2n) is 5.20. The van der Waals surface area contributed by atoms with Gasteiger partial charge in [0.25, 0.3) is 0 Å². The number of nitriles is 1. The minimum absolute atomic E-state index is 0.146. The Morgan fingerprint density at radius 3 is 2.83 bits per heavy atom. The first-order chi connectivity index (χ1) is 11.3. The van der Waals surface area contributed by atoms with E-state index in [0.29, 0.717) is 24.1 Å². The van der Waals surface area contributed by atoms with E-state index in [1.807, 2.05) is 6.07 Å². The molecule has 0 bridgehead atoms. The third kappa shape index (κ3) is 4.62. The average Bonchev–Trinajstić information content (AvgIpc) is 3.02. The van der Waals surface area contributed by atoms with Crippen LogP contribution in [-0.2, 0) is 9.53 Å². The van der Waals surface area contributed by atoms with Gasteiger partial charge in [-0.3, -0.25) is 9.69 Å². The van der Waals surface area contributed by atoms with Crippen molar-refractivity contribution in [2.75, 3.05) is 18.5 Å². The summed E-state index contributed by atoms with van der Waals surface area (Å²) < 4.78 is 40.5. The maximum absolute atomic E-state index is 12.3. The number of halogens is 3. The van der Waals surface area contributed by atoms with Gasteiger partial charge in [0.15, 0.2) is 6.61 Å². The molecule has 0 saturated carbocycles. The highest BCUT2D eigenvalue weighted by Gasteiger charge is 2.37. The van der Waals surface area contributed by atoms with E-state index in [2.05, 4.69) is 10.1 Å². The van der Waals surface area contributed by atoms with Gasteiger partial charge in [0.1, 0.15) is 6.04 Å². The summed E-state index contributed by atoms with van der Waals surface area (Å²) in [6.45, 7) is -1.55. The molecule has 2 rings (SSSR count). The molecule has 6 nitrogen and oxygen atoms in total. The molecular weight excluding hydrogens is 327 g/mol. The molecule has 24 heavy (non-hydrogen) atoms. The topological polar surface area (TPSA) is 82.4 Å². The molecule has 1 heterocycles. The molecule has 1 aliphatic rings. The number of amides is 2. The highest BCUT2D eigenvalue weighted by Crippen LogP contribution is 2.22. The van der Waals surface area contributed by atoms with Gasteiger partial charge in [-0.1, -0.05) is 6.07 Å². The standard InChI is InChI=1S/C15H14F3N3O3/c16-15(17,18)9-24-14(23)21-6-2-5-12(21)13(22)20-11-4-1-3-10(7-11)8-19/h1,3-4,7,12H,2,5-6,9H2,(H,20,22)/t12-/m0/s1. The second-order valence-corrected chi connectivity index (χ2v) is 5.20. The summed E-state index contributed by atoms with van der Waals surface area (Å²) in [5.41, 5.74) is 0.718. The molecule has 1 fully saturated rings. The van der Waals surface area contributed by atoms with E-state index in [1.165, 1.54) is 6.07 Å². The van der Waals surface area contributed by atoms with Crippen molar-refractivity contribution < 1.29 is 27.5 Å². The van der Waals surface area contributed by atoms with Gasteiger partial charge in [-0.2, -0.15) is 18.4 Å². The minimum Gasteiger partial charge on any atom is -0.440 e. The molecule has 1 aromatic carbocycles. The van der Waals surface area contributed by atoms with E-state index in [0.717, 1.165) is 4.90 Å². The van der Waals surface area contributed by atoms with Crippen LogP contribution >= 0.6 is 0 Å². The Balaban J connectivity index is 2.00. The molecular formula is C15H14F3N3O3. The first-order valence-electron chi connectivity index (χ1n) is 7.11. The SMILES string of the molecule is N#Cc1cccc(NC(=O)[C@@H]2CCCN2C(=O)OCC(F)(F)F)c1. The Hall–Kier alpha value is -2.76. The number of nitrogens with zero attached hydrogens (tertiary/aromatic N) is 2. The van der Waals surface area contributed by atoms with Crippen LogP contribution in [-0.4, -0.2) is 42.3 Å². The molecule has 1 aromatic rings. The van der Waals surface area contributed by atoms with Crippen LogP contribution in [0, 0.1) is 11.3 Å². The first-order valence-corrected chi connectivity index (χ1v) is 7.11. The fourth-order valence-corrected chi connectivity index (χ4v) is 2.38. The number of anilines is 1. The van der Waals surface area contributed by atoms with Gasteiger partial charge < -0.3 is 10.1 Å². The number of carbonyl (C=O) groups excluding carboxylic acids is 2. The van der Waals surface area contributed by atoms with Crippen LogP contribution < -0.4 is 5.32 Å². The third-order valence-corrected chi connectivity index (χ3v) is 3.41. The summed E-state index contributed by atoms with van der Waals surface area (Å²) in [4.78, 5) is 25.0. The zero-order valence-electron chi connectivity index (χ0n) is 12.5. The summed E-state index contributed by atoms with van der Waals surface area (Å²) >= 11 is 0. The van der Waals surface area contributed by atoms with Crippen molar-refractivity contribution in [1.82, 2.24) is 4.90 Å². The molecule has 1 atom stereocenters. The van der Waals surface area contributed by atoms with Crippen molar-refractivity contribution in [2.45, 2.75) is 25.1 Å². The molecule has 0 spiro atoms. The van der Waals surface area contributed by atoms with Gasteiger partial charge in [-0.05, 0) is 31.0 Å². The Morgan fingerprint density at radius 1 is 1.42 bits per heavy atom. The number of nitrogens with one attached hydrogen (secondary N) is 1. The van der Waals surface area contributed by atoms with Crippen molar-refractivity contribution in [2.24, 2.45) is 0 Å². The zero-order chi connectivity index (χ0) is 17.7.